The van der Waals surface area contributed by atoms with Crippen LogP contribution in [0.1, 0.15) is 41.5 Å². The second-order valence-electron chi connectivity index (χ2n) is 5.74. The summed E-state index contributed by atoms with van der Waals surface area (Å²) < 4.78 is 0. The molecule has 17 heavy (non-hydrogen) atoms. The van der Waals surface area contributed by atoms with Crippen molar-refractivity contribution in [1.82, 2.24) is 10.6 Å². The molecule has 4 heteroatoms. The summed E-state index contributed by atoms with van der Waals surface area (Å²) in [4.78, 5) is 0. The first-order valence-corrected chi connectivity index (χ1v) is 6.22. The molecular formula is C13H28N4. The first-order valence-electron chi connectivity index (χ1n) is 6.22. The van der Waals surface area contributed by atoms with Crippen LogP contribution < -0.4 is 10.6 Å². The Morgan fingerprint density at radius 1 is 0.941 bits per heavy atom. The van der Waals surface area contributed by atoms with Crippen LogP contribution in [0, 0.1) is 16.2 Å². The minimum atomic E-state index is 0.118. The van der Waals surface area contributed by atoms with E-state index in [9.17, 15) is 0 Å². The third-order valence-electron chi connectivity index (χ3n) is 3.07. The SMILES string of the molecule is CC(=N)[C@H](C)NCC(C)(C)CN[C@@H](C)C(C)=N. The quantitative estimate of drug-likeness (QED) is 0.490. The molecule has 0 saturated carbocycles. The van der Waals surface area contributed by atoms with Crippen molar-refractivity contribution in [2.24, 2.45) is 5.41 Å². The summed E-state index contributed by atoms with van der Waals surface area (Å²) in [5, 5.41) is 21.8. The molecule has 0 amide bonds. The second kappa shape index (κ2) is 6.87. The molecule has 4 N–H and O–H groups in total. The van der Waals surface area contributed by atoms with Crippen molar-refractivity contribution in [2.45, 2.75) is 53.6 Å². The summed E-state index contributed by atoms with van der Waals surface area (Å²) >= 11 is 0. The van der Waals surface area contributed by atoms with Crippen LogP contribution in [-0.2, 0) is 0 Å². The molecule has 0 spiro atoms. The van der Waals surface area contributed by atoms with Gasteiger partial charge in [0, 0.05) is 36.6 Å². The Morgan fingerprint density at radius 3 is 1.47 bits per heavy atom. The Hall–Kier alpha value is -0.740. The second-order valence-corrected chi connectivity index (χ2v) is 5.74. The van der Waals surface area contributed by atoms with E-state index in [2.05, 4.69) is 24.5 Å². The molecule has 0 rings (SSSR count). The lowest BCUT2D eigenvalue weighted by molar-refractivity contribution is 0.314. The van der Waals surface area contributed by atoms with Crippen molar-refractivity contribution in [3.63, 3.8) is 0 Å². The van der Waals surface area contributed by atoms with E-state index in [4.69, 9.17) is 10.8 Å². The van der Waals surface area contributed by atoms with Crippen LogP contribution in [0.15, 0.2) is 0 Å². The van der Waals surface area contributed by atoms with Crippen LogP contribution in [0.25, 0.3) is 0 Å². The highest BCUT2D eigenvalue weighted by molar-refractivity contribution is 5.84. The van der Waals surface area contributed by atoms with Gasteiger partial charge in [0.25, 0.3) is 0 Å². The molecule has 0 bridgehead atoms. The molecule has 4 nitrogen and oxygen atoms in total. The van der Waals surface area contributed by atoms with Gasteiger partial charge in [-0.1, -0.05) is 13.8 Å². The normalized spacial score (nSPS) is 15.4. The Labute approximate surface area is 106 Å². The fraction of sp³-hybridized carbons (Fsp3) is 0.846. The summed E-state index contributed by atoms with van der Waals surface area (Å²) in [6.07, 6.45) is 0. The summed E-state index contributed by atoms with van der Waals surface area (Å²) in [5.74, 6) is 0. The molecule has 0 aliphatic carbocycles. The Morgan fingerprint density at radius 2 is 1.24 bits per heavy atom. The highest BCUT2D eigenvalue weighted by Gasteiger charge is 2.20. The Kier molecular flexibility index (Phi) is 6.57. The van der Waals surface area contributed by atoms with Gasteiger partial charge in [-0.15, -0.1) is 0 Å². The standard InChI is InChI=1S/C13H28N4/c1-9(14)11(3)16-7-13(5,6)8-17-12(4)10(2)15/h11-12,14-17H,7-8H2,1-6H3/t11-,12-/m0/s1. The van der Waals surface area contributed by atoms with Crippen molar-refractivity contribution in [2.75, 3.05) is 13.1 Å². The van der Waals surface area contributed by atoms with Crippen LogP contribution >= 0.6 is 0 Å². The zero-order chi connectivity index (χ0) is 13.6. The molecule has 100 valence electrons. The van der Waals surface area contributed by atoms with E-state index in [1.165, 1.54) is 0 Å². The fourth-order valence-corrected chi connectivity index (χ4v) is 1.23. The minimum Gasteiger partial charge on any atom is -0.309 e. The molecule has 0 fully saturated rings. The van der Waals surface area contributed by atoms with Gasteiger partial charge < -0.3 is 21.5 Å². The lowest BCUT2D eigenvalue weighted by Crippen LogP contribution is -2.45. The molecule has 2 atom stereocenters. The van der Waals surface area contributed by atoms with Crippen molar-refractivity contribution >= 4 is 11.4 Å². The summed E-state index contributed by atoms with van der Waals surface area (Å²) in [6, 6.07) is 0.271. The van der Waals surface area contributed by atoms with Crippen molar-refractivity contribution in [3.8, 4) is 0 Å². The molecule has 0 unspecified atom stereocenters. The minimum absolute atomic E-state index is 0.118. The number of nitrogens with one attached hydrogen (secondary N) is 4. The van der Waals surface area contributed by atoms with Gasteiger partial charge in [0.1, 0.15) is 0 Å². The summed E-state index contributed by atoms with van der Waals surface area (Å²) in [7, 11) is 0. The third-order valence-corrected chi connectivity index (χ3v) is 3.07. The molecule has 0 aliphatic heterocycles. The third kappa shape index (κ3) is 7.23. The smallest absolute Gasteiger partial charge is 0.0416 e. The van der Waals surface area contributed by atoms with Crippen molar-refractivity contribution in [1.29, 1.82) is 10.8 Å². The molecule has 0 aliphatic rings. The van der Waals surface area contributed by atoms with Gasteiger partial charge in [-0.3, -0.25) is 0 Å². The highest BCUT2D eigenvalue weighted by atomic mass is 15.0. The summed E-state index contributed by atoms with van der Waals surface area (Å²) in [5.41, 5.74) is 1.45. The van der Waals surface area contributed by atoms with Gasteiger partial charge >= 0.3 is 0 Å². The first-order chi connectivity index (χ1) is 7.65. The largest absolute Gasteiger partial charge is 0.309 e. The van der Waals surface area contributed by atoms with Gasteiger partial charge in [0.2, 0.25) is 0 Å². The molecular weight excluding hydrogens is 212 g/mol. The first kappa shape index (κ1) is 16.3. The van der Waals surface area contributed by atoms with Crippen LogP contribution in [-0.4, -0.2) is 36.6 Å². The maximum atomic E-state index is 7.53. The Bertz CT molecular complexity index is 245. The number of rotatable bonds is 8. The number of hydrogen-bond acceptors (Lipinski definition) is 4. The van der Waals surface area contributed by atoms with E-state index in [-0.39, 0.29) is 17.5 Å². The predicted molar refractivity (Wildman–Crippen MR) is 75.5 cm³/mol. The van der Waals surface area contributed by atoms with Gasteiger partial charge in [0.05, 0.1) is 0 Å². The van der Waals surface area contributed by atoms with Gasteiger partial charge in [-0.25, -0.2) is 0 Å². The van der Waals surface area contributed by atoms with Gasteiger partial charge in [-0.2, -0.15) is 0 Å². The fourth-order valence-electron chi connectivity index (χ4n) is 1.23. The molecule has 0 aromatic rings. The molecule has 0 aromatic heterocycles. The van der Waals surface area contributed by atoms with Crippen LogP contribution in [0.4, 0.5) is 0 Å². The highest BCUT2D eigenvalue weighted by Crippen LogP contribution is 2.12. The average Bonchev–Trinajstić information content (AvgIpc) is 2.22. The van der Waals surface area contributed by atoms with Crippen LogP contribution in [0.2, 0.25) is 0 Å². The van der Waals surface area contributed by atoms with E-state index in [1.54, 1.807) is 0 Å². The average molecular weight is 240 g/mol. The van der Waals surface area contributed by atoms with Crippen LogP contribution in [0.5, 0.6) is 0 Å². The predicted octanol–water partition coefficient (Wildman–Crippen LogP) is 2.05. The molecule has 0 saturated heterocycles. The van der Waals surface area contributed by atoms with E-state index in [1.807, 2.05) is 27.7 Å². The lowest BCUT2D eigenvalue weighted by atomic mass is 9.92. The van der Waals surface area contributed by atoms with Crippen molar-refractivity contribution in [3.05, 3.63) is 0 Å². The maximum absolute atomic E-state index is 7.53. The molecule has 0 aromatic carbocycles. The van der Waals surface area contributed by atoms with E-state index in [0.717, 1.165) is 13.1 Å². The van der Waals surface area contributed by atoms with Crippen LogP contribution in [0.3, 0.4) is 0 Å². The topological polar surface area (TPSA) is 71.8 Å². The lowest BCUT2D eigenvalue weighted by Gasteiger charge is -2.29. The van der Waals surface area contributed by atoms with Gasteiger partial charge in [-0.05, 0) is 33.1 Å². The Balaban J connectivity index is 4.03. The zero-order valence-electron chi connectivity index (χ0n) is 12.1. The van der Waals surface area contributed by atoms with E-state index >= 15 is 0 Å². The zero-order valence-corrected chi connectivity index (χ0v) is 12.1. The monoisotopic (exact) mass is 240 g/mol. The van der Waals surface area contributed by atoms with Gasteiger partial charge in [0.15, 0.2) is 0 Å². The van der Waals surface area contributed by atoms with E-state index in [0.29, 0.717) is 11.4 Å². The molecule has 0 heterocycles. The number of hydrogen-bond donors (Lipinski definition) is 4. The molecule has 0 radical (unpaired) electrons. The van der Waals surface area contributed by atoms with E-state index < -0.39 is 0 Å². The summed E-state index contributed by atoms with van der Waals surface area (Å²) in [6.45, 7) is 13.8. The van der Waals surface area contributed by atoms with Crippen molar-refractivity contribution < 1.29 is 0 Å². The maximum Gasteiger partial charge on any atom is 0.0416 e.